The number of hydrogen-bond donors (Lipinski definition) is 1. The molecule has 0 saturated carbocycles. The van der Waals surface area contributed by atoms with Gasteiger partial charge in [0.2, 0.25) is 0 Å². The smallest absolute Gasteiger partial charge is 0.328 e. The summed E-state index contributed by atoms with van der Waals surface area (Å²) in [7, 11) is 0. The Kier molecular flexibility index (Phi) is 5.32. The van der Waals surface area contributed by atoms with E-state index in [-0.39, 0.29) is 16.3 Å². The van der Waals surface area contributed by atoms with Crippen LogP contribution in [-0.4, -0.2) is 30.9 Å². The second-order valence-corrected chi connectivity index (χ2v) is 6.75. The quantitative estimate of drug-likeness (QED) is 0.842. The number of halogens is 4. The van der Waals surface area contributed by atoms with Crippen LogP contribution < -0.4 is 0 Å². The predicted molar refractivity (Wildman–Crippen MR) is 83.5 cm³/mol. The minimum absolute atomic E-state index is 0.0357. The molecule has 120 valence electrons. The summed E-state index contributed by atoms with van der Waals surface area (Å²) in [5.74, 6) is 0.123. The van der Waals surface area contributed by atoms with Crippen LogP contribution in [0.15, 0.2) is 30.9 Å². The molecule has 1 aromatic carbocycles. The molecule has 22 heavy (non-hydrogen) atoms. The van der Waals surface area contributed by atoms with Gasteiger partial charge in [-0.2, -0.15) is 13.9 Å². The minimum atomic E-state index is -3.48. The Morgan fingerprint density at radius 3 is 2.64 bits per heavy atom. The van der Waals surface area contributed by atoms with Gasteiger partial charge in [0.1, 0.15) is 12.7 Å². The Hall–Kier alpha value is -0.890. The molecule has 1 N–H and O–H groups in total. The van der Waals surface area contributed by atoms with Gasteiger partial charge in [0.25, 0.3) is 0 Å². The number of nitrogens with zero attached hydrogens (tertiary/aromatic N) is 3. The Morgan fingerprint density at radius 2 is 2.09 bits per heavy atom. The highest BCUT2D eigenvalue weighted by Crippen LogP contribution is 2.48. The molecule has 0 aliphatic rings. The maximum Gasteiger partial charge on any atom is 0.328 e. The van der Waals surface area contributed by atoms with Crippen molar-refractivity contribution in [2.75, 3.05) is 5.75 Å². The molecule has 4 nitrogen and oxygen atoms in total. The lowest BCUT2D eigenvalue weighted by molar-refractivity contribution is -0.137. The van der Waals surface area contributed by atoms with Crippen LogP contribution in [0, 0.1) is 0 Å². The average Bonchev–Trinajstić information content (AvgIpc) is 2.90. The summed E-state index contributed by atoms with van der Waals surface area (Å²) in [6.07, 6.45) is 2.45. The van der Waals surface area contributed by atoms with Gasteiger partial charge in [-0.05, 0) is 17.9 Å². The average molecular weight is 368 g/mol. The van der Waals surface area contributed by atoms with Crippen molar-refractivity contribution in [2.24, 2.45) is 0 Å². The molecule has 0 spiro atoms. The molecule has 0 aliphatic heterocycles. The normalized spacial score (nSPS) is 14.8. The van der Waals surface area contributed by atoms with E-state index in [4.69, 9.17) is 23.2 Å². The summed E-state index contributed by atoms with van der Waals surface area (Å²) >= 11 is 12.2. The van der Waals surface area contributed by atoms with Crippen LogP contribution in [0.5, 0.6) is 0 Å². The Balaban J connectivity index is 2.53. The van der Waals surface area contributed by atoms with E-state index in [2.05, 4.69) is 10.1 Å². The topological polar surface area (TPSA) is 50.9 Å². The lowest BCUT2D eigenvalue weighted by atomic mass is 9.93. The molecular formula is C13H13Cl2F2N3OS. The van der Waals surface area contributed by atoms with Crippen molar-refractivity contribution in [1.29, 1.82) is 0 Å². The zero-order valence-corrected chi connectivity index (χ0v) is 13.8. The Bertz CT molecular complexity index is 642. The van der Waals surface area contributed by atoms with Crippen LogP contribution in [-0.2, 0) is 12.1 Å². The van der Waals surface area contributed by atoms with Crippen LogP contribution in [0.25, 0.3) is 0 Å². The van der Waals surface area contributed by atoms with Crippen molar-refractivity contribution in [3.05, 3.63) is 46.5 Å². The predicted octanol–water partition coefficient (Wildman–Crippen LogP) is 3.82. The van der Waals surface area contributed by atoms with Gasteiger partial charge in [-0.15, -0.1) is 0 Å². The van der Waals surface area contributed by atoms with E-state index < -0.39 is 17.4 Å². The van der Waals surface area contributed by atoms with E-state index in [1.807, 2.05) is 0 Å². The van der Waals surface area contributed by atoms with Crippen molar-refractivity contribution in [1.82, 2.24) is 14.8 Å². The van der Waals surface area contributed by atoms with E-state index in [9.17, 15) is 13.9 Å². The summed E-state index contributed by atoms with van der Waals surface area (Å²) in [6, 6.07) is 4.02. The maximum atomic E-state index is 14.6. The van der Waals surface area contributed by atoms with Gasteiger partial charge in [-0.25, -0.2) is 9.67 Å². The van der Waals surface area contributed by atoms with Gasteiger partial charge in [0.05, 0.1) is 6.54 Å². The largest absolute Gasteiger partial charge is 0.376 e. The van der Waals surface area contributed by atoms with Crippen molar-refractivity contribution in [3.63, 3.8) is 0 Å². The molecular weight excluding hydrogens is 355 g/mol. The zero-order chi connectivity index (χ0) is 16.4. The fourth-order valence-corrected chi connectivity index (χ4v) is 3.35. The number of hydrogen-bond acceptors (Lipinski definition) is 4. The van der Waals surface area contributed by atoms with Gasteiger partial charge in [-0.1, -0.05) is 48.0 Å². The monoisotopic (exact) mass is 367 g/mol. The van der Waals surface area contributed by atoms with E-state index >= 15 is 0 Å². The number of thioether (sulfide) groups is 1. The summed E-state index contributed by atoms with van der Waals surface area (Å²) in [5.41, 5.74) is -2.66. The highest BCUT2D eigenvalue weighted by molar-refractivity contribution is 8.00. The van der Waals surface area contributed by atoms with E-state index in [0.29, 0.717) is 16.8 Å². The van der Waals surface area contributed by atoms with Gasteiger partial charge < -0.3 is 5.11 Å². The van der Waals surface area contributed by atoms with E-state index in [0.717, 1.165) is 4.68 Å². The van der Waals surface area contributed by atoms with Gasteiger partial charge in [0.15, 0.2) is 5.60 Å². The van der Waals surface area contributed by atoms with Gasteiger partial charge >= 0.3 is 5.25 Å². The molecule has 0 saturated heterocycles. The third-order valence-electron chi connectivity index (χ3n) is 3.04. The molecule has 1 aromatic heterocycles. The summed E-state index contributed by atoms with van der Waals surface area (Å²) in [6.45, 7) is 1.09. The standard InChI is InChI=1S/C13H13Cl2F2N3OS/c1-2-22-13(16,17)12(21,6-20-8-18-7-19-20)10-4-3-9(14)5-11(10)15/h3-5,7-8,21H,2,6H2,1H3. The van der Waals surface area contributed by atoms with Gasteiger partial charge in [0, 0.05) is 15.6 Å². The van der Waals surface area contributed by atoms with Gasteiger partial charge in [-0.3, -0.25) is 0 Å². The molecule has 0 radical (unpaired) electrons. The van der Waals surface area contributed by atoms with E-state index in [1.165, 1.54) is 30.9 Å². The molecule has 2 rings (SSSR count). The second kappa shape index (κ2) is 6.70. The third kappa shape index (κ3) is 3.37. The molecule has 1 atom stereocenters. The maximum absolute atomic E-state index is 14.6. The minimum Gasteiger partial charge on any atom is -0.376 e. The molecule has 1 unspecified atom stereocenters. The second-order valence-electron chi connectivity index (χ2n) is 4.53. The summed E-state index contributed by atoms with van der Waals surface area (Å²) in [4.78, 5) is 3.70. The first-order valence-corrected chi connectivity index (χ1v) is 8.06. The number of benzene rings is 1. The first kappa shape index (κ1) is 17.5. The van der Waals surface area contributed by atoms with Crippen LogP contribution in [0.3, 0.4) is 0 Å². The molecule has 0 fully saturated rings. The van der Waals surface area contributed by atoms with Crippen LogP contribution in [0.2, 0.25) is 10.0 Å². The zero-order valence-electron chi connectivity index (χ0n) is 11.5. The van der Waals surface area contributed by atoms with Crippen molar-refractivity contribution < 1.29 is 13.9 Å². The molecule has 1 heterocycles. The SMILES string of the molecule is CCSC(F)(F)C(O)(Cn1cncn1)c1ccc(Cl)cc1Cl. The number of aliphatic hydroxyl groups is 1. The molecule has 0 amide bonds. The third-order valence-corrected chi connectivity index (χ3v) is 4.58. The fraction of sp³-hybridized carbons (Fsp3) is 0.385. The Morgan fingerprint density at radius 1 is 1.36 bits per heavy atom. The first-order valence-electron chi connectivity index (χ1n) is 6.32. The van der Waals surface area contributed by atoms with Crippen molar-refractivity contribution in [2.45, 2.75) is 24.3 Å². The fourth-order valence-electron chi connectivity index (χ4n) is 2.01. The highest BCUT2D eigenvalue weighted by Gasteiger charge is 2.55. The molecule has 0 bridgehead atoms. The lowest BCUT2D eigenvalue weighted by Crippen LogP contribution is -2.47. The van der Waals surface area contributed by atoms with E-state index in [1.54, 1.807) is 6.92 Å². The Labute approximate surface area is 140 Å². The van der Waals surface area contributed by atoms with Crippen LogP contribution in [0.4, 0.5) is 8.78 Å². The molecule has 2 aromatic rings. The molecule has 9 heteroatoms. The first-order chi connectivity index (χ1) is 10.3. The number of rotatable bonds is 6. The van der Waals surface area contributed by atoms with Crippen molar-refractivity contribution in [3.8, 4) is 0 Å². The molecule has 0 aliphatic carbocycles. The lowest BCUT2D eigenvalue weighted by Gasteiger charge is -2.36. The summed E-state index contributed by atoms with van der Waals surface area (Å²) in [5, 5.41) is 11.4. The number of alkyl halides is 2. The summed E-state index contributed by atoms with van der Waals surface area (Å²) < 4.78 is 30.3. The van der Waals surface area contributed by atoms with Crippen LogP contribution >= 0.6 is 35.0 Å². The van der Waals surface area contributed by atoms with Crippen LogP contribution in [0.1, 0.15) is 12.5 Å². The highest BCUT2D eigenvalue weighted by atomic mass is 35.5. The van der Waals surface area contributed by atoms with Crippen molar-refractivity contribution >= 4 is 35.0 Å². The number of aromatic nitrogens is 3.